The molecule has 1 fully saturated rings. The molecule has 3 heteroatoms. The Morgan fingerprint density at radius 1 is 1.43 bits per heavy atom. The highest BCUT2D eigenvalue weighted by molar-refractivity contribution is 5.09. The smallest absolute Gasteiger partial charge is 0.0547 e. The topological polar surface area (TPSA) is 28.2 Å². The lowest BCUT2D eigenvalue weighted by molar-refractivity contribution is 0.0905. The van der Waals surface area contributed by atoms with Crippen LogP contribution in [-0.4, -0.2) is 37.1 Å². The standard InChI is InChI=1S/C18H31N3/c1-15-7-6-10-18(11-15,13-19-3)14-21(4)12-17-9-5-8-16(2)20-17/h5,8-9,15,19H,6-7,10-14H2,1-4H3. The monoisotopic (exact) mass is 289 g/mol. The lowest BCUT2D eigenvalue weighted by Crippen LogP contribution is -2.44. The number of rotatable bonds is 6. The molecular weight excluding hydrogens is 258 g/mol. The minimum atomic E-state index is 0.436. The van der Waals surface area contributed by atoms with Gasteiger partial charge in [-0.3, -0.25) is 9.88 Å². The molecule has 0 bridgehead atoms. The second-order valence-electron chi connectivity index (χ2n) is 7.17. The van der Waals surface area contributed by atoms with E-state index in [-0.39, 0.29) is 0 Å². The van der Waals surface area contributed by atoms with Crippen LogP contribution in [0.25, 0.3) is 0 Å². The molecule has 1 saturated carbocycles. The summed E-state index contributed by atoms with van der Waals surface area (Å²) >= 11 is 0. The van der Waals surface area contributed by atoms with E-state index < -0.39 is 0 Å². The van der Waals surface area contributed by atoms with Gasteiger partial charge in [-0.15, -0.1) is 0 Å². The van der Waals surface area contributed by atoms with Crippen molar-refractivity contribution < 1.29 is 0 Å². The molecule has 0 saturated heterocycles. The van der Waals surface area contributed by atoms with E-state index in [0.717, 1.165) is 31.2 Å². The SMILES string of the molecule is CNCC1(CN(C)Cc2cccc(C)n2)CCCC(C)C1. The van der Waals surface area contributed by atoms with E-state index >= 15 is 0 Å². The van der Waals surface area contributed by atoms with Gasteiger partial charge in [-0.2, -0.15) is 0 Å². The molecule has 0 spiro atoms. The van der Waals surface area contributed by atoms with E-state index in [1.54, 1.807) is 0 Å². The molecule has 0 amide bonds. The molecule has 1 aromatic heterocycles. The number of hydrogen-bond acceptors (Lipinski definition) is 3. The highest BCUT2D eigenvalue weighted by Crippen LogP contribution is 2.39. The average molecular weight is 289 g/mol. The number of nitrogens with zero attached hydrogens (tertiary/aromatic N) is 2. The van der Waals surface area contributed by atoms with Gasteiger partial charge in [0.15, 0.2) is 0 Å². The van der Waals surface area contributed by atoms with Crippen molar-refractivity contribution in [2.45, 2.75) is 46.1 Å². The second kappa shape index (κ2) is 7.37. The highest BCUT2D eigenvalue weighted by atomic mass is 15.1. The number of pyridine rings is 1. The van der Waals surface area contributed by atoms with Crippen molar-refractivity contribution in [3.63, 3.8) is 0 Å². The molecule has 1 heterocycles. The molecular formula is C18H31N3. The van der Waals surface area contributed by atoms with Gasteiger partial charge >= 0.3 is 0 Å². The molecule has 2 atom stereocenters. The van der Waals surface area contributed by atoms with Crippen LogP contribution in [0, 0.1) is 18.3 Å². The Morgan fingerprint density at radius 2 is 2.24 bits per heavy atom. The summed E-state index contributed by atoms with van der Waals surface area (Å²) in [5.41, 5.74) is 2.73. The largest absolute Gasteiger partial charge is 0.319 e. The van der Waals surface area contributed by atoms with Gasteiger partial charge in [0.05, 0.1) is 5.69 Å². The van der Waals surface area contributed by atoms with Gasteiger partial charge in [0.25, 0.3) is 0 Å². The third kappa shape index (κ3) is 4.79. The lowest BCUT2D eigenvalue weighted by Gasteiger charge is -2.42. The molecule has 1 aliphatic carbocycles. The van der Waals surface area contributed by atoms with Gasteiger partial charge in [0, 0.05) is 25.3 Å². The molecule has 3 nitrogen and oxygen atoms in total. The molecule has 1 aliphatic rings. The average Bonchev–Trinajstić information content (AvgIpc) is 2.38. The molecule has 1 aromatic rings. The van der Waals surface area contributed by atoms with Gasteiger partial charge in [-0.25, -0.2) is 0 Å². The van der Waals surface area contributed by atoms with Crippen LogP contribution in [-0.2, 0) is 6.54 Å². The highest BCUT2D eigenvalue weighted by Gasteiger charge is 2.35. The van der Waals surface area contributed by atoms with Crippen molar-refractivity contribution in [3.8, 4) is 0 Å². The van der Waals surface area contributed by atoms with E-state index in [9.17, 15) is 0 Å². The minimum Gasteiger partial charge on any atom is -0.319 e. The summed E-state index contributed by atoms with van der Waals surface area (Å²) in [5, 5.41) is 3.43. The molecule has 2 unspecified atom stereocenters. The van der Waals surface area contributed by atoms with Crippen LogP contribution in [0.2, 0.25) is 0 Å². The molecule has 0 aliphatic heterocycles. The summed E-state index contributed by atoms with van der Waals surface area (Å²) in [6.07, 6.45) is 5.47. The van der Waals surface area contributed by atoms with Crippen molar-refractivity contribution in [1.29, 1.82) is 0 Å². The van der Waals surface area contributed by atoms with Crippen molar-refractivity contribution in [3.05, 3.63) is 29.6 Å². The first kappa shape index (κ1) is 16.4. The molecule has 2 rings (SSSR count). The number of hydrogen-bond donors (Lipinski definition) is 1. The summed E-state index contributed by atoms with van der Waals surface area (Å²) in [5.74, 6) is 0.859. The van der Waals surface area contributed by atoms with Crippen LogP contribution in [0.1, 0.15) is 44.0 Å². The Bertz CT molecular complexity index is 442. The van der Waals surface area contributed by atoms with Crippen LogP contribution in [0.3, 0.4) is 0 Å². The van der Waals surface area contributed by atoms with Gasteiger partial charge in [0.1, 0.15) is 0 Å². The van der Waals surface area contributed by atoms with Gasteiger partial charge < -0.3 is 5.32 Å². The summed E-state index contributed by atoms with van der Waals surface area (Å²) in [6.45, 7) is 7.71. The van der Waals surface area contributed by atoms with Crippen LogP contribution in [0.4, 0.5) is 0 Å². The van der Waals surface area contributed by atoms with Crippen LogP contribution in [0.5, 0.6) is 0 Å². The maximum absolute atomic E-state index is 4.63. The summed E-state index contributed by atoms with van der Waals surface area (Å²) < 4.78 is 0. The zero-order valence-electron chi connectivity index (χ0n) is 14.2. The Morgan fingerprint density at radius 3 is 2.90 bits per heavy atom. The third-order valence-corrected chi connectivity index (χ3v) is 4.72. The zero-order valence-corrected chi connectivity index (χ0v) is 14.2. The minimum absolute atomic E-state index is 0.436. The van der Waals surface area contributed by atoms with E-state index in [2.05, 4.69) is 61.3 Å². The van der Waals surface area contributed by atoms with E-state index in [1.807, 2.05) is 0 Å². The van der Waals surface area contributed by atoms with Gasteiger partial charge in [-0.05, 0) is 57.3 Å². The van der Waals surface area contributed by atoms with Crippen LogP contribution < -0.4 is 5.32 Å². The lowest BCUT2D eigenvalue weighted by atomic mass is 9.69. The molecule has 118 valence electrons. The quantitative estimate of drug-likeness (QED) is 0.871. The normalized spacial score (nSPS) is 26.2. The number of aryl methyl sites for hydroxylation is 1. The first-order valence-corrected chi connectivity index (χ1v) is 8.29. The Labute approximate surface area is 130 Å². The second-order valence-corrected chi connectivity index (χ2v) is 7.17. The van der Waals surface area contributed by atoms with Crippen molar-refractivity contribution >= 4 is 0 Å². The zero-order chi connectivity index (χ0) is 15.3. The third-order valence-electron chi connectivity index (χ3n) is 4.72. The summed E-state index contributed by atoms with van der Waals surface area (Å²) in [4.78, 5) is 7.09. The number of nitrogens with one attached hydrogen (secondary N) is 1. The maximum Gasteiger partial charge on any atom is 0.0547 e. The number of aromatic nitrogens is 1. The molecule has 1 N–H and O–H groups in total. The molecule has 21 heavy (non-hydrogen) atoms. The maximum atomic E-state index is 4.63. The van der Waals surface area contributed by atoms with Crippen LogP contribution in [0.15, 0.2) is 18.2 Å². The fourth-order valence-corrected chi connectivity index (χ4v) is 4.10. The van der Waals surface area contributed by atoms with E-state index in [4.69, 9.17) is 0 Å². The van der Waals surface area contributed by atoms with E-state index in [0.29, 0.717) is 5.41 Å². The Hall–Kier alpha value is -0.930. The van der Waals surface area contributed by atoms with Crippen molar-refractivity contribution in [1.82, 2.24) is 15.2 Å². The van der Waals surface area contributed by atoms with Crippen molar-refractivity contribution in [2.24, 2.45) is 11.3 Å². The Balaban J connectivity index is 1.99. The van der Waals surface area contributed by atoms with Crippen LogP contribution >= 0.6 is 0 Å². The fraction of sp³-hybridized carbons (Fsp3) is 0.722. The molecule has 0 radical (unpaired) electrons. The van der Waals surface area contributed by atoms with Gasteiger partial charge in [0.2, 0.25) is 0 Å². The Kier molecular flexibility index (Phi) is 5.77. The molecule has 0 aromatic carbocycles. The summed E-state index contributed by atoms with van der Waals surface area (Å²) in [6, 6.07) is 6.31. The van der Waals surface area contributed by atoms with Gasteiger partial charge in [-0.1, -0.05) is 25.8 Å². The first-order chi connectivity index (χ1) is 10.0. The summed E-state index contributed by atoms with van der Waals surface area (Å²) in [7, 11) is 4.32. The van der Waals surface area contributed by atoms with Crippen molar-refractivity contribution in [2.75, 3.05) is 27.2 Å². The predicted molar refractivity (Wildman–Crippen MR) is 89.3 cm³/mol. The first-order valence-electron chi connectivity index (χ1n) is 8.29. The fourth-order valence-electron chi connectivity index (χ4n) is 4.10. The predicted octanol–water partition coefficient (Wildman–Crippen LogP) is 3.24. The van der Waals surface area contributed by atoms with E-state index in [1.165, 1.54) is 31.4 Å².